The fourth-order valence-corrected chi connectivity index (χ4v) is 3.93. The number of aliphatic hydroxyl groups is 1. The van der Waals surface area contributed by atoms with Gasteiger partial charge in [0.25, 0.3) is 11.7 Å². The number of hydrogen-bond donors (Lipinski definition) is 1. The molecule has 7 heteroatoms. The first-order chi connectivity index (χ1) is 16.4. The van der Waals surface area contributed by atoms with Crippen LogP contribution in [0, 0.1) is 5.92 Å². The third-order valence-electron chi connectivity index (χ3n) is 5.46. The number of nitrogens with zero attached hydrogens (tertiary/aromatic N) is 1. The van der Waals surface area contributed by atoms with E-state index in [1.54, 1.807) is 37.4 Å². The Labute approximate surface area is 200 Å². The Balaban J connectivity index is 2.07. The van der Waals surface area contributed by atoms with Gasteiger partial charge in [0.2, 0.25) is 0 Å². The summed E-state index contributed by atoms with van der Waals surface area (Å²) in [6.07, 6.45) is 0.559. The molecule has 7 nitrogen and oxygen atoms in total. The van der Waals surface area contributed by atoms with Crippen molar-refractivity contribution in [2.24, 2.45) is 5.92 Å². The summed E-state index contributed by atoms with van der Waals surface area (Å²) >= 11 is 0. The average molecular weight is 468 g/mol. The number of ketones is 1. The second kappa shape index (κ2) is 11.7. The third-order valence-corrected chi connectivity index (χ3v) is 5.46. The predicted molar refractivity (Wildman–Crippen MR) is 130 cm³/mol. The highest BCUT2D eigenvalue weighted by atomic mass is 16.5. The van der Waals surface area contributed by atoms with Gasteiger partial charge in [-0.05, 0) is 49.1 Å². The molecule has 1 atom stereocenters. The normalized spacial score (nSPS) is 17.4. The topological polar surface area (TPSA) is 85.3 Å². The number of hydrogen-bond acceptors (Lipinski definition) is 6. The average Bonchev–Trinajstić information content (AvgIpc) is 3.08. The van der Waals surface area contributed by atoms with E-state index in [-0.39, 0.29) is 11.3 Å². The van der Waals surface area contributed by atoms with Crippen LogP contribution in [0.25, 0.3) is 5.76 Å². The molecule has 1 saturated heterocycles. The van der Waals surface area contributed by atoms with Gasteiger partial charge in [0.1, 0.15) is 17.3 Å². The fraction of sp³-hybridized carbons (Fsp3) is 0.407. The Morgan fingerprint density at radius 2 is 1.76 bits per heavy atom. The molecule has 0 bridgehead atoms. The molecule has 1 amide bonds. The molecule has 1 aliphatic rings. The molecule has 3 rings (SSSR count). The van der Waals surface area contributed by atoms with Crippen LogP contribution in [0.3, 0.4) is 0 Å². The van der Waals surface area contributed by atoms with Crippen LogP contribution in [-0.2, 0) is 14.3 Å². The predicted octanol–water partition coefficient (Wildman–Crippen LogP) is 4.58. The summed E-state index contributed by atoms with van der Waals surface area (Å²) in [6, 6.07) is 13.5. The number of rotatable bonds is 11. The molecule has 2 aromatic carbocycles. The molecule has 1 fully saturated rings. The summed E-state index contributed by atoms with van der Waals surface area (Å²) in [7, 11) is 1.59. The van der Waals surface area contributed by atoms with E-state index >= 15 is 0 Å². The summed E-state index contributed by atoms with van der Waals surface area (Å²) in [5.41, 5.74) is 1.16. The van der Waals surface area contributed by atoms with Gasteiger partial charge < -0.3 is 24.2 Å². The second-order valence-corrected chi connectivity index (χ2v) is 8.58. The largest absolute Gasteiger partial charge is 0.507 e. The van der Waals surface area contributed by atoms with Crippen LogP contribution in [0.1, 0.15) is 44.4 Å². The number of carbonyl (C=O) groups is 2. The Kier molecular flexibility index (Phi) is 8.71. The number of aliphatic hydroxyl groups excluding tert-OH is 1. The van der Waals surface area contributed by atoms with E-state index in [4.69, 9.17) is 14.2 Å². The van der Waals surface area contributed by atoms with Crippen molar-refractivity contribution in [3.63, 3.8) is 0 Å². The number of carbonyl (C=O) groups excluding carboxylic acids is 2. The van der Waals surface area contributed by atoms with Gasteiger partial charge in [0, 0.05) is 25.8 Å². The highest BCUT2D eigenvalue weighted by Crippen LogP contribution is 2.40. The lowest BCUT2D eigenvalue weighted by atomic mass is 9.95. The van der Waals surface area contributed by atoms with Gasteiger partial charge in [0.05, 0.1) is 24.8 Å². The zero-order valence-electron chi connectivity index (χ0n) is 20.2. The molecule has 0 spiro atoms. The molecule has 0 aromatic heterocycles. The van der Waals surface area contributed by atoms with Gasteiger partial charge in [-0.15, -0.1) is 0 Å². The molecular formula is C27H33NO6. The molecule has 2 aromatic rings. The molecule has 1 aliphatic heterocycles. The number of ether oxygens (including phenoxy) is 3. The highest BCUT2D eigenvalue weighted by Gasteiger charge is 2.45. The summed E-state index contributed by atoms with van der Waals surface area (Å²) in [6.45, 7) is 7.76. The summed E-state index contributed by atoms with van der Waals surface area (Å²) < 4.78 is 16.5. The van der Waals surface area contributed by atoms with Gasteiger partial charge >= 0.3 is 0 Å². The van der Waals surface area contributed by atoms with Crippen molar-refractivity contribution >= 4 is 17.4 Å². The molecule has 182 valence electrons. The SMILES string of the molecule is CCOc1cccc(C2/C(=C(/O)c3cccc(OCC(C)C)c3)C(=O)C(=O)N2CCCOC)c1. The van der Waals surface area contributed by atoms with Gasteiger partial charge in [-0.1, -0.05) is 38.1 Å². The van der Waals surface area contributed by atoms with E-state index < -0.39 is 17.7 Å². The minimum atomic E-state index is -0.738. The van der Waals surface area contributed by atoms with E-state index in [0.29, 0.717) is 61.3 Å². The maximum absolute atomic E-state index is 13.2. The second-order valence-electron chi connectivity index (χ2n) is 8.58. The summed E-state index contributed by atoms with van der Waals surface area (Å²) in [5, 5.41) is 11.3. The Hall–Kier alpha value is -3.32. The zero-order chi connectivity index (χ0) is 24.7. The van der Waals surface area contributed by atoms with E-state index in [1.165, 1.54) is 4.90 Å². The molecular weight excluding hydrogens is 434 g/mol. The minimum Gasteiger partial charge on any atom is -0.507 e. The smallest absolute Gasteiger partial charge is 0.295 e. The van der Waals surface area contributed by atoms with Crippen molar-refractivity contribution in [2.45, 2.75) is 33.2 Å². The molecule has 0 aliphatic carbocycles. The van der Waals surface area contributed by atoms with Crippen molar-refractivity contribution in [2.75, 3.05) is 33.5 Å². The quantitative estimate of drug-likeness (QED) is 0.225. The lowest BCUT2D eigenvalue weighted by Gasteiger charge is -2.25. The lowest BCUT2D eigenvalue weighted by Crippen LogP contribution is -2.31. The third kappa shape index (κ3) is 5.78. The highest BCUT2D eigenvalue weighted by molar-refractivity contribution is 6.46. The van der Waals surface area contributed by atoms with Crippen molar-refractivity contribution in [3.05, 3.63) is 65.2 Å². The van der Waals surface area contributed by atoms with Gasteiger partial charge in [0.15, 0.2) is 0 Å². The van der Waals surface area contributed by atoms with Crippen LogP contribution in [0.4, 0.5) is 0 Å². The monoisotopic (exact) mass is 467 g/mol. The first-order valence-electron chi connectivity index (χ1n) is 11.6. The molecule has 0 radical (unpaired) electrons. The fourth-order valence-electron chi connectivity index (χ4n) is 3.93. The van der Waals surface area contributed by atoms with Gasteiger partial charge in [-0.3, -0.25) is 9.59 Å². The van der Waals surface area contributed by atoms with E-state index in [0.717, 1.165) is 0 Å². The minimum absolute atomic E-state index is 0.0528. The zero-order valence-corrected chi connectivity index (χ0v) is 20.2. The molecule has 1 heterocycles. The maximum atomic E-state index is 13.2. The maximum Gasteiger partial charge on any atom is 0.295 e. The Morgan fingerprint density at radius 1 is 1.06 bits per heavy atom. The van der Waals surface area contributed by atoms with Crippen molar-refractivity contribution in [3.8, 4) is 11.5 Å². The lowest BCUT2D eigenvalue weighted by molar-refractivity contribution is -0.140. The van der Waals surface area contributed by atoms with E-state index in [9.17, 15) is 14.7 Å². The first-order valence-corrected chi connectivity index (χ1v) is 11.6. The van der Waals surface area contributed by atoms with Crippen molar-refractivity contribution in [1.29, 1.82) is 0 Å². The number of likely N-dealkylation sites (tertiary alicyclic amines) is 1. The number of Topliss-reactive ketones (excluding diaryl/α,β-unsaturated/α-hetero) is 1. The first kappa shape index (κ1) is 25.3. The Bertz CT molecular complexity index is 1040. The van der Waals surface area contributed by atoms with Gasteiger partial charge in [-0.25, -0.2) is 0 Å². The summed E-state index contributed by atoms with van der Waals surface area (Å²) in [5.74, 6) is -0.0258. The van der Waals surface area contributed by atoms with Crippen LogP contribution < -0.4 is 9.47 Å². The van der Waals surface area contributed by atoms with E-state index in [1.807, 2.05) is 39.0 Å². The van der Waals surface area contributed by atoms with Crippen LogP contribution in [0.15, 0.2) is 54.1 Å². The van der Waals surface area contributed by atoms with Crippen LogP contribution >= 0.6 is 0 Å². The van der Waals surface area contributed by atoms with E-state index in [2.05, 4.69) is 0 Å². The molecule has 0 saturated carbocycles. The van der Waals surface area contributed by atoms with Crippen molar-refractivity contribution < 1.29 is 28.9 Å². The molecule has 1 N–H and O–H groups in total. The van der Waals surface area contributed by atoms with Crippen LogP contribution in [0.5, 0.6) is 11.5 Å². The Morgan fingerprint density at radius 3 is 2.44 bits per heavy atom. The molecule has 34 heavy (non-hydrogen) atoms. The molecule has 1 unspecified atom stereocenters. The van der Waals surface area contributed by atoms with Crippen molar-refractivity contribution in [1.82, 2.24) is 4.90 Å². The van der Waals surface area contributed by atoms with Gasteiger partial charge in [-0.2, -0.15) is 0 Å². The number of methoxy groups -OCH3 is 1. The standard InChI is InChI=1S/C27H33NO6/c1-5-33-21-11-6-9-19(15-21)24-23(26(30)27(31)28(24)13-8-14-32-4)25(29)20-10-7-12-22(16-20)34-17-18(2)3/h6-7,9-12,15-16,18,24,29H,5,8,13-14,17H2,1-4H3/b25-23-. The number of benzene rings is 2. The summed E-state index contributed by atoms with van der Waals surface area (Å²) in [4.78, 5) is 27.7. The number of amides is 1. The van der Waals surface area contributed by atoms with Crippen LogP contribution in [-0.4, -0.2) is 55.2 Å². The van der Waals surface area contributed by atoms with Crippen LogP contribution in [0.2, 0.25) is 0 Å².